The number of anilines is 3. The van der Waals surface area contributed by atoms with Gasteiger partial charge in [0.25, 0.3) is 21.5 Å². The number of hydrogen-bond acceptors (Lipinski definition) is 7. The summed E-state index contributed by atoms with van der Waals surface area (Å²) in [7, 11) is 0. The van der Waals surface area contributed by atoms with Gasteiger partial charge in [0.1, 0.15) is 5.69 Å². The van der Waals surface area contributed by atoms with Gasteiger partial charge < -0.3 is 16.0 Å². The average molecular weight is 673 g/mol. The predicted octanol–water partition coefficient (Wildman–Crippen LogP) is 5.24. The van der Waals surface area contributed by atoms with Crippen LogP contribution in [0.5, 0.6) is 0 Å². The van der Waals surface area contributed by atoms with Crippen molar-refractivity contribution < 1.29 is 26.2 Å². The van der Waals surface area contributed by atoms with Crippen molar-refractivity contribution >= 4 is 60.8 Å². The minimum atomic E-state index is -4.89. The highest BCUT2D eigenvalue weighted by Crippen LogP contribution is 2.30. The maximum absolute atomic E-state index is 12.5. The van der Waals surface area contributed by atoms with Crippen LogP contribution in [-0.4, -0.2) is 39.8 Å². The van der Waals surface area contributed by atoms with Crippen LogP contribution in [0.2, 0.25) is 0 Å². The first-order valence-electron chi connectivity index (χ1n) is 10.8. The molecule has 0 spiro atoms. The Morgan fingerprint density at radius 3 is 2.63 bits per heavy atom. The molecule has 4 N–H and O–H groups in total. The summed E-state index contributed by atoms with van der Waals surface area (Å²) in [6.07, 6.45) is -1.43. The van der Waals surface area contributed by atoms with Gasteiger partial charge in [-0.2, -0.15) is 21.4 Å². The predicted molar refractivity (Wildman–Crippen MR) is 136 cm³/mol. The molecule has 1 aromatic carbocycles. The second-order valence-corrected chi connectivity index (χ2v) is 10.4. The number of hydrogen-bond donors (Lipinski definition) is 4. The number of benzene rings is 1. The second-order valence-electron chi connectivity index (χ2n) is 8.20. The summed E-state index contributed by atoms with van der Waals surface area (Å²) in [6.45, 7) is 2.90. The Bertz CT molecular complexity index is 1050. The van der Waals surface area contributed by atoms with Gasteiger partial charge in [-0.05, 0) is 55.7 Å². The Morgan fingerprint density at radius 1 is 1.26 bits per heavy atom. The fraction of sp³-hybridized carbons (Fsp3) is 0.476. The summed E-state index contributed by atoms with van der Waals surface area (Å²) in [5, 5.41) is 18.3. The number of nitrogens with zero attached hydrogens (tertiary/aromatic N) is 3. The van der Waals surface area contributed by atoms with Gasteiger partial charge in [-0.3, -0.25) is 10.0 Å². The lowest BCUT2D eigenvalue weighted by atomic mass is 9.86. The summed E-state index contributed by atoms with van der Waals surface area (Å²) < 4.78 is 50.3. The van der Waals surface area contributed by atoms with Crippen LogP contribution in [0, 0.1) is 12.8 Å². The maximum atomic E-state index is 12.5. The zero-order valence-corrected chi connectivity index (χ0v) is 22.4. The van der Waals surface area contributed by atoms with Crippen LogP contribution >= 0.6 is 37.4 Å². The molecule has 1 aromatic heterocycles. The first-order chi connectivity index (χ1) is 16.6. The molecule has 0 unspecified atom stereocenters. The van der Waals surface area contributed by atoms with E-state index in [1.54, 1.807) is 0 Å². The molecule has 0 saturated heterocycles. The van der Waals surface area contributed by atoms with Gasteiger partial charge >= 0.3 is 12.1 Å². The number of aromatic nitrogens is 2. The van der Waals surface area contributed by atoms with E-state index < -0.39 is 39.6 Å². The fourth-order valence-electron chi connectivity index (χ4n) is 3.80. The lowest BCUT2D eigenvalue weighted by molar-refractivity contribution is -0.174. The molecule has 192 valence electrons. The number of nitrogens with one attached hydrogen (secondary N) is 3. The third-order valence-electron chi connectivity index (χ3n) is 5.85. The molecular weight excluding hydrogens is 648 g/mol. The van der Waals surface area contributed by atoms with E-state index in [0.29, 0.717) is 53.8 Å². The van der Waals surface area contributed by atoms with E-state index in [4.69, 9.17) is 0 Å². The van der Waals surface area contributed by atoms with Gasteiger partial charge in [0.2, 0.25) is 5.95 Å². The third kappa shape index (κ3) is 7.70. The van der Waals surface area contributed by atoms with E-state index in [1.165, 1.54) is 6.20 Å². The Hall–Kier alpha value is -2.07. The Morgan fingerprint density at radius 2 is 1.97 bits per heavy atom. The molecule has 14 heteroatoms. The van der Waals surface area contributed by atoms with Gasteiger partial charge in [0, 0.05) is 23.6 Å². The van der Waals surface area contributed by atoms with E-state index in [-0.39, 0.29) is 11.6 Å². The molecule has 35 heavy (non-hydrogen) atoms. The Kier molecular flexibility index (Phi) is 9.63. The monoisotopic (exact) mass is 672 g/mol. The van der Waals surface area contributed by atoms with Crippen molar-refractivity contribution in [2.75, 3.05) is 20.5 Å². The highest BCUT2D eigenvalue weighted by atomic mass is 127. The van der Waals surface area contributed by atoms with Crippen LogP contribution in [0.25, 0.3) is 0 Å². The van der Waals surface area contributed by atoms with Crippen molar-refractivity contribution in [3.05, 3.63) is 40.0 Å². The van der Waals surface area contributed by atoms with Crippen molar-refractivity contribution in [3.63, 3.8) is 0 Å². The molecule has 1 heterocycles. The van der Waals surface area contributed by atoms with Crippen LogP contribution in [0.3, 0.4) is 0 Å². The quantitative estimate of drug-likeness (QED) is 0.162. The summed E-state index contributed by atoms with van der Waals surface area (Å²) >= 11 is 1.60. The minimum absolute atomic E-state index is 0.131. The zero-order chi connectivity index (χ0) is 25.6. The standard InChI is InChI=1S/C21H25BrF3IN6O3/c1-12-14(3-2-4-16(12)22)10-28-20-29-11-17(32(35)26-34)18(31-20)27-9-13-5-7-15(8-6-13)30-19(33)21(23,24)25/h2-4,11,13,15,35H,5-10H2,1H3,(H,30,33)(H2,27,28,29,31). The van der Waals surface area contributed by atoms with E-state index in [0.717, 1.165) is 15.6 Å². The van der Waals surface area contributed by atoms with Crippen LogP contribution in [-0.2, 0) is 14.4 Å². The number of carbonyl (C=O) groups is 1. The number of halogens is 5. The molecule has 1 fully saturated rings. The van der Waals surface area contributed by atoms with Crippen LogP contribution < -0.4 is 19.2 Å². The smallest absolute Gasteiger partial charge is 0.368 e. The zero-order valence-electron chi connectivity index (χ0n) is 18.7. The van der Waals surface area contributed by atoms with E-state index in [2.05, 4.69) is 36.5 Å². The van der Waals surface area contributed by atoms with Gasteiger partial charge in [0.15, 0.2) is 5.82 Å². The highest BCUT2D eigenvalue weighted by Gasteiger charge is 2.40. The summed E-state index contributed by atoms with van der Waals surface area (Å²) in [5.74, 6) is -1.18. The van der Waals surface area contributed by atoms with Crippen molar-refractivity contribution in [3.8, 4) is 0 Å². The lowest BCUT2D eigenvalue weighted by Crippen LogP contribution is -2.44. The van der Waals surface area contributed by atoms with Gasteiger partial charge in [-0.1, -0.05) is 28.1 Å². The normalized spacial score (nSPS) is 18.1. The average Bonchev–Trinajstić information content (AvgIpc) is 2.83. The van der Waals surface area contributed by atoms with Crippen molar-refractivity contribution in [2.24, 2.45) is 5.92 Å². The van der Waals surface area contributed by atoms with Gasteiger partial charge in [0.05, 0.1) is 6.20 Å². The second kappa shape index (κ2) is 12.3. The maximum Gasteiger partial charge on any atom is 0.471 e. The lowest BCUT2D eigenvalue weighted by Gasteiger charge is -2.29. The van der Waals surface area contributed by atoms with Crippen molar-refractivity contribution in [1.82, 2.24) is 15.3 Å². The molecular formula is C21H25BrF3IN6O3. The Balaban J connectivity index is 1.61. The summed E-state index contributed by atoms with van der Waals surface area (Å²) in [4.78, 5) is 19.8. The molecule has 9 nitrogen and oxygen atoms in total. The number of amides is 1. The first-order valence-corrected chi connectivity index (χ1v) is 13.4. The van der Waals surface area contributed by atoms with Crippen LogP contribution in [0.15, 0.2) is 28.9 Å². The molecule has 0 aliphatic heterocycles. The van der Waals surface area contributed by atoms with Crippen molar-refractivity contribution in [2.45, 2.75) is 51.4 Å². The number of carbonyl (C=O) groups excluding carboxylic acids is 1. The molecule has 1 saturated carbocycles. The molecule has 1 aliphatic rings. The summed E-state index contributed by atoms with van der Waals surface area (Å²) in [6, 6.07) is 5.35. The molecule has 0 radical (unpaired) electrons. The summed E-state index contributed by atoms with van der Waals surface area (Å²) in [5.41, 5.74) is 2.29. The van der Waals surface area contributed by atoms with Crippen LogP contribution in [0.4, 0.5) is 30.6 Å². The van der Waals surface area contributed by atoms with E-state index >= 15 is 0 Å². The molecule has 3 rings (SSSR count). The fourth-order valence-corrected chi connectivity index (χ4v) is 4.77. The SMILES string of the molecule is Cc1c(Br)cccc1CNc1ncc(N(O)I=O)c(NCC2CCC(NC(=O)C(F)(F)F)CC2)n1. The van der Waals surface area contributed by atoms with E-state index in [9.17, 15) is 26.2 Å². The minimum Gasteiger partial charge on any atom is -0.368 e. The molecule has 1 amide bonds. The number of alkyl halides is 3. The van der Waals surface area contributed by atoms with Crippen molar-refractivity contribution in [1.29, 1.82) is 0 Å². The molecule has 1 aliphatic carbocycles. The molecule has 0 atom stereocenters. The van der Waals surface area contributed by atoms with E-state index in [1.807, 2.05) is 30.4 Å². The van der Waals surface area contributed by atoms with Gasteiger partial charge in [-0.15, -0.1) is 0 Å². The third-order valence-corrected chi connectivity index (χ3v) is 7.60. The largest absolute Gasteiger partial charge is 0.471 e. The van der Waals surface area contributed by atoms with Crippen LogP contribution in [0.1, 0.15) is 36.8 Å². The van der Waals surface area contributed by atoms with Gasteiger partial charge in [-0.25, -0.2) is 8.05 Å². The topological polar surface area (TPSA) is 119 Å². The number of rotatable bonds is 9. The highest BCUT2D eigenvalue weighted by molar-refractivity contribution is 14.1. The molecule has 0 bridgehead atoms. The first kappa shape index (κ1) is 27.5. The Labute approximate surface area is 219 Å². The molecule has 2 aromatic rings.